The Morgan fingerprint density at radius 3 is 2.62 bits per heavy atom. The van der Waals surface area contributed by atoms with E-state index in [-0.39, 0.29) is 17.8 Å². The van der Waals surface area contributed by atoms with Crippen LogP contribution in [0, 0.1) is 11.7 Å². The van der Waals surface area contributed by atoms with E-state index in [1.54, 1.807) is 16.8 Å². The highest BCUT2D eigenvalue weighted by Crippen LogP contribution is 2.29. The Balaban J connectivity index is 1.75. The zero-order valence-corrected chi connectivity index (χ0v) is 13.9. The molecule has 6 heteroatoms. The molecule has 1 fully saturated rings. The van der Waals surface area contributed by atoms with Gasteiger partial charge in [0.25, 0.3) is 0 Å². The minimum Gasteiger partial charge on any atom is -0.481 e. The van der Waals surface area contributed by atoms with Crippen molar-refractivity contribution in [3.8, 4) is 5.69 Å². The first-order valence-electron chi connectivity index (χ1n) is 8.24. The zero-order valence-electron chi connectivity index (χ0n) is 13.9. The molecule has 0 spiro atoms. The van der Waals surface area contributed by atoms with Gasteiger partial charge in [-0.2, -0.15) is 5.10 Å². The van der Waals surface area contributed by atoms with Crippen molar-refractivity contribution in [2.75, 3.05) is 0 Å². The third kappa shape index (κ3) is 3.33. The molecule has 0 unspecified atom stereocenters. The molecule has 1 aliphatic rings. The molecule has 2 heterocycles. The Bertz CT molecular complexity index is 713. The third-order valence-electron chi connectivity index (χ3n) is 4.96. The normalized spacial score (nSPS) is 24.9. The summed E-state index contributed by atoms with van der Waals surface area (Å²) in [5.74, 6) is -1.33. The molecule has 0 bridgehead atoms. The minimum absolute atomic E-state index is 0.0257. The van der Waals surface area contributed by atoms with Gasteiger partial charge in [0.2, 0.25) is 0 Å². The first-order chi connectivity index (χ1) is 11.5. The fourth-order valence-corrected chi connectivity index (χ4v) is 3.46. The lowest BCUT2D eigenvalue weighted by Gasteiger charge is -2.41. The fraction of sp³-hybridized carbons (Fsp3) is 0.444. The molecule has 3 atom stereocenters. The Kier molecular flexibility index (Phi) is 4.66. The maximum Gasteiger partial charge on any atom is 0.308 e. The van der Waals surface area contributed by atoms with Crippen LogP contribution in [0.2, 0.25) is 0 Å². The van der Waals surface area contributed by atoms with E-state index in [4.69, 9.17) is 0 Å². The summed E-state index contributed by atoms with van der Waals surface area (Å²) in [6.07, 6.45) is 3.44. The van der Waals surface area contributed by atoms with E-state index in [9.17, 15) is 14.3 Å². The molecular formula is C18H22FN3O2. The number of halogens is 1. The van der Waals surface area contributed by atoms with Gasteiger partial charge in [0.15, 0.2) is 0 Å². The number of aromatic nitrogens is 2. The molecule has 0 aliphatic carbocycles. The van der Waals surface area contributed by atoms with Gasteiger partial charge in [-0.3, -0.25) is 9.69 Å². The number of aliphatic carboxylic acids is 1. The highest BCUT2D eigenvalue weighted by Gasteiger charge is 2.36. The number of likely N-dealkylation sites (tertiary alicyclic amines) is 1. The Morgan fingerprint density at radius 1 is 1.25 bits per heavy atom. The van der Waals surface area contributed by atoms with Gasteiger partial charge in [-0.15, -0.1) is 0 Å². The van der Waals surface area contributed by atoms with Crippen LogP contribution >= 0.6 is 0 Å². The minimum atomic E-state index is -0.726. The number of rotatable bonds is 4. The first-order valence-corrected chi connectivity index (χ1v) is 8.24. The van der Waals surface area contributed by atoms with E-state index in [0.29, 0.717) is 12.6 Å². The summed E-state index contributed by atoms with van der Waals surface area (Å²) in [4.78, 5) is 13.6. The second-order valence-electron chi connectivity index (χ2n) is 6.51. The molecule has 1 aromatic heterocycles. The Morgan fingerprint density at radius 2 is 1.96 bits per heavy atom. The number of benzene rings is 1. The molecule has 1 aliphatic heterocycles. The summed E-state index contributed by atoms with van der Waals surface area (Å²) in [5, 5.41) is 13.9. The molecule has 3 rings (SSSR count). The number of carboxylic acid groups (broad SMARTS) is 1. The second kappa shape index (κ2) is 6.73. The first kappa shape index (κ1) is 16.6. The lowest BCUT2D eigenvalue weighted by atomic mass is 9.86. The van der Waals surface area contributed by atoms with Crippen LogP contribution in [0.15, 0.2) is 36.5 Å². The van der Waals surface area contributed by atoms with E-state index in [1.807, 2.05) is 19.2 Å². The number of carboxylic acids is 1. The molecule has 1 aromatic carbocycles. The van der Waals surface area contributed by atoms with Gasteiger partial charge in [-0.05, 0) is 57.0 Å². The van der Waals surface area contributed by atoms with E-state index in [2.05, 4.69) is 16.9 Å². The van der Waals surface area contributed by atoms with Crippen LogP contribution in [-0.4, -0.2) is 37.8 Å². The standard InChI is InChI=1S/C18H22FN3O2/c1-12-3-8-17(18(23)24)13(2)21(12)11-15-9-10-22(20-15)16-6-4-14(19)5-7-16/h4-7,9-10,12-13,17H,3,8,11H2,1-2H3,(H,23,24)/t12-,13+,17+/m1/s1. The van der Waals surface area contributed by atoms with Crippen molar-refractivity contribution in [3.63, 3.8) is 0 Å². The van der Waals surface area contributed by atoms with Crippen molar-refractivity contribution >= 4 is 5.97 Å². The van der Waals surface area contributed by atoms with E-state index < -0.39 is 5.97 Å². The summed E-state index contributed by atoms with van der Waals surface area (Å²) in [6.45, 7) is 4.72. The number of hydrogen-bond donors (Lipinski definition) is 1. The molecule has 0 saturated carbocycles. The van der Waals surface area contributed by atoms with Crippen LogP contribution in [0.25, 0.3) is 5.69 Å². The van der Waals surface area contributed by atoms with Gasteiger partial charge in [-0.1, -0.05) is 0 Å². The van der Waals surface area contributed by atoms with Gasteiger partial charge in [0.1, 0.15) is 5.82 Å². The molecule has 0 amide bonds. The number of carbonyl (C=O) groups is 1. The quantitative estimate of drug-likeness (QED) is 0.935. The van der Waals surface area contributed by atoms with Crippen LogP contribution in [0.4, 0.5) is 4.39 Å². The molecule has 1 N–H and O–H groups in total. The average molecular weight is 331 g/mol. The van der Waals surface area contributed by atoms with Crippen molar-refractivity contribution in [2.24, 2.45) is 5.92 Å². The monoisotopic (exact) mass is 331 g/mol. The Hall–Kier alpha value is -2.21. The summed E-state index contributed by atoms with van der Waals surface area (Å²) in [5.41, 5.74) is 1.68. The molecule has 24 heavy (non-hydrogen) atoms. The largest absolute Gasteiger partial charge is 0.481 e. The SMILES string of the molecule is C[C@@H]1CC[C@H](C(=O)O)[C@H](C)N1Cc1ccn(-c2ccc(F)cc2)n1. The molecule has 0 radical (unpaired) electrons. The van der Waals surface area contributed by atoms with E-state index in [1.165, 1.54) is 12.1 Å². The number of hydrogen-bond acceptors (Lipinski definition) is 3. The van der Waals surface area contributed by atoms with Gasteiger partial charge >= 0.3 is 5.97 Å². The van der Waals surface area contributed by atoms with Crippen LogP contribution < -0.4 is 0 Å². The summed E-state index contributed by atoms with van der Waals surface area (Å²) in [6, 6.07) is 8.39. The molecule has 128 valence electrons. The zero-order chi connectivity index (χ0) is 17.3. The van der Waals surface area contributed by atoms with Crippen LogP contribution in [0.5, 0.6) is 0 Å². The van der Waals surface area contributed by atoms with Gasteiger partial charge in [0.05, 0.1) is 17.3 Å². The van der Waals surface area contributed by atoms with E-state index >= 15 is 0 Å². The maximum atomic E-state index is 13.0. The van der Waals surface area contributed by atoms with Crippen molar-refractivity contribution in [1.29, 1.82) is 0 Å². The Labute approximate surface area is 140 Å². The highest BCUT2D eigenvalue weighted by atomic mass is 19.1. The second-order valence-corrected chi connectivity index (χ2v) is 6.51. The van der Waals surface area contributed by atoms with Crippen molar-refractivity contribution in [2.45, 2.75) is 45.3 Å². The average Bonchev–Trinajstić information content (AvgIpc) is 3.00. The predicted octanol–water partition coefficient (Wildman–Crippen LogP) is 3.09. The van der Waals surface area contributed by atoms with Crippen molar-refractivity contribution in [1.82, 2.24) is 14.7 Å². The van der Waals surface area contributed by atoms with Gasteiger partial charge < -0.3 is 5.11 Å². The molecule has 2 aromatic rings. The van der Waals surface area contributed by atoms with Crippen LogP contribution in [0.1, 0.15) is 32.4 Å². The number of nitrogens with zero attached hydrogens (tertiary/aromatic N) is 3. The highest BCUT2D eigenvalue weighted by molar-refractivity contribution is 5.71. The number of piperidine rings is 1. The van der Waals surface area contributed by atoms with Crippen molar-refractivity contribution < 1.29 is 14.3 Å². The third-order valence-corrected chi connectivity index (χ3v) is 4.96. The lowest BCUT2D eigenvalue weighted by molar-refractivity contribution is -0.146. The lowest BCUT2D eigenvalue weighted by Crippen LogP contribution is -2.50. The van der Waals surface area contributed by atoms with Crippen molar-refractivity contribution in [3.05, 3.63) is 48.0 Å². The summed E-state index contributed by atoms with van der Waals surface area (Å²) < 4.78 is 14.7. The molecule has 5 nitrogen and oxygen atoms in total. The molecular weight excluding hydrogens is 309 g/mol. The topological polar surface area (TPSA) is 58.4 Å². The molecule has 1 saturated heterocycles. The summed E-state index contributed by atoms with van der Waals surface area (Å²) in [7, 11) is 0. The fourth-order valence-electron chi connectivity index (χ4n) is 3.46. The smallest absolute Gasteiger partial charge is 0.308 e. The maximum absolute atomic E-state index is 13.0. The summed E-state index contributed by atoms with van der Waals surface area (Å²) >= 11 is 0. The van der Waals surface area contributed by atoms with Crippen LogP contribution in [0.3, 0.4) is 0 Å². The van der Waals surface area contributed by atoms with E-state index in [0.717, 1.165) is 24.2 Å². The predicted molar refractivity (Wildman–Crippen MR) is 88.3 cm³/mol. The van der Waals surface area contributed by atoms with Gasteiger partial charge in [0, 0.05) is 24.8 Å². The van der Waals surface area contributed by atoms with Crippen LogP contribution in [-0.2, 0) is 11.3 Å². The van der Waals surface area contributed by atoms with Gasteiger partial charge in [-0.25, -0.2) is 9.07 Å².